The van der Waals surface area contributed by atoms with E-state index in [2.05, 4.69) is 5.32 Å². The summed E-state index contributed by atoms with van der Waals surface area (Å²) in [6, 6.07) is 0.978. The largest absolute Gasteiger partial charge is 0.417 e. The van der Waals surface area contributed by atoms with Crippen molar-refractivity contribution in [3.05, 3.63) is 29.6 Å². The summed E-state index contributed by atoms with van der Waals surface area (Å²) in [6.45, 7) is 1.28. The summed E-state index contributed by atoms with van der Waals surface area (Å²) < 4.78 is 85.2. The molecule has 4 saturated heterocycles. The molecule has 3 amide bonds. The lowest BCUT2D eigenvalue weighted by Gasteiger charge is -2.60. The molecule has 1 aromatic carbocycles. The first-order valence-electron chi connectivity index (χ1n) is 10.7. The molecule has 0 unspecified atom stereocenters. The molecule has 186 valence electrons. The van der Waals surface area contributed by atoms with Gasteiger partial charge in [0.25, 0.3) is 0 Å². The standard InChI is InChI=1S/C20H22F4N4O5S/c21-12-1-2-16(13(5-12)20(22,23)24)34(31,32)28-10-19(11-28)8-27(9-19)18(30)26-4-3-15-14(6-26)25-17(29)7-33-15/h1-2,5,14-15H,3-4,6-11H2,(H,25,29)/t14-,15+/m1/s1. The van der Waals surface area contributed by atoms with Crippen LogP contribution in [0.15, 0.2) is 23.1 Å². The molecule has 34 heavy (non-hydrogen) atoms. The molecule has 0 aromatic heterocycles. The summed E-state index contributed by atoms with van der Waals surface area (Å²) >= 11 is 0. The third kappa shape index (κ3) is 3.90. The van der Waals surface area contributed by atoms with Crippen molar-refractivity contribution in [3.63, 3.8) is 0 Å². The zero-order chi connectivity index (χ0) is 24.5. The molecule has 1 spiro atoms. The third-order valence-corrected chi connectivity index (χ3v) is 8.66. The van der Waals surface area contributed by atoms with E-state index in [0.29, 0.717) is 31.6 Å². The second-order valence-electron chi connectivity index (χ2n) is 9.31. The Bertz CT molecular complexity index is 1130. The molecular weight excluding hydrogens is 484 g/mol. The maximum absolute atomic E-state index is 13.4. The SMILES string of the molecule is O=C1CO[C@H]2CCN(C(=O)N3CC4(C3)CN(S(=O)(=O)c3ccc(F)cc3C(F)(F)F)C4)C[C@H]2N1. The quantitative estimate of drug-likeness (QED) is 0.600. The highest BCUT2D eigenvalue weighted by Crippen LogP contribution is 2.44. The van der Waals surface area contributed by atoms with Crippen molar-refractivity contribution in [2.45, 2.75) is 29.6 Å². The number of halogens is 4. The molecule has 14 heteroatoms. The highest BCUT2D eigenvalue weighted by atomic mass is 32.2. The number of ether oxygens (including phenoxy) is 1. The third-order valence-electron chi connectivity index (χ3n) is 6.81. The molecule has 0 saturated carbocycles. The maximum atomic E-state index is 13.4. The molecule has 0 bridgehead atoms. The molecule has 4 aliphatic heterocycles. The van der Waals surface area contributed by atoms with Gasteiger partial charge in [-0.05, 0) is 24.6 Å². The molecule has 0 aliphatic carbocycles. The zero-order valence-electron chi connectivity index (χ0n) is 17.8. The van der Waals surface area contributed by atoms with Gasteiger partial charge in [0, 0.05) is 44.7 Å². The number of amides is 3. The number of hydrogen-bond donors (Lipinski definition) is 1. The van der Waals surface area contributed by atoms with Crippen molar-refractivity contribution in [3.8, 4) is 0 Å². The highest BCUT2D eigenvalue weighted by molar-refractivity contribution is 7.89. The molecule has 0 radical (unpaired) electrons. The average Bonchev–Trinajstić information content (AvgIpc) is 2.70. The van der Waals surface area contributed by atoms with Crippen molar-refractivity contribution in [2.75, 3.05) is 45.9 Å². The molecule has 4 aliphatic rings. The van der Waals surface area contributed by atoms with Crippen LogP contribution in [0.2, 0.25) is 0 Å². The minimum Gasteiger partial charge on any atom is -0.366 e. The monoisotopic (exact) mass is 506 g/mol. The topological polar surface area (TPSA) is 99.3 Å². The van der Waals surface area contributed by atoms with Crippen molar-refractivity contribution in [1.29, 1.82) is 0 Å². The lowest BCUT2D eigenvalue weighted by molar-refractivity contribution is -0.140. The predicted octanol–water partition coefficient (Wildman–Crippen LogP) is 0.860. The van der Waals surface area contributed by atoms with Crippen LogP contribution in [0.4, 0.5) is 22.4 Å². The Balaban J connectivity index is 1.20. The van der Waals surface area contributed by atoms with E-state index < -0.39 is 37.9 Å². The number of benzene rings is 1. The number of hydrogen-bond acceptors (Lipinski definition) is 5. The summed E-state index contributed by atoms with van der Waals surface area (Å²) in [4.78, 5) is 26.6. The van der Waals surface area contributed by atoms with Gasteiger partial charge in [0.1, 0.15) is 12.4 Å². The van der Waals surface area contributed by atoms with Crippen LogP contribution in [-0.2, 0) is 25.7 Å². The first-order chi connectivity index (χ1) is 15.9. The molecular formula is C20H22F4N4O5S. The number of carbonyl (C=O) groups excluding carboxylic acids is 2. The second kappa shape index (κ2) is 7.78. The molecule has 9 nitrogen and oxygen atoms in total. The van der Waals surface area contributed by atoms with Crippen LogP contribution < -0.4 is 5.32 Å². The summed E-state index contributed by atoms with van der Waals surface area (Å²) in [7, 11) is -4.48. The van der Waals surface area contributed by atoms with Crippen molar-refractivity contribution in [2.24, 2.45) is 5.41 Å². The molecule has 4 fully saturated rings. The smallest absolute Gasteiger partial charge is 0.366 e. The number of likely N-dealkylation sites (tertiary alicyclic amines) is 2. The number of morpholine rings is 1. The van der Waals surface area contributed by atoms with Gasteiger partial charge in [0.05, 0.1) is 22.6 Å². The van der Waals surface area contributed by atoms with E-state index in [1.165, 1.54) is 0 Å². The lowest BCUT2D eigenvalue weighted by Crippen LogP contribution is -2.75. The van der Waals surface area contributed by atoms with Gasteiger partial charge in [-0.3, -0.25) is 4.79 Å². The Kier molecular flexibility index (Phi) is 5.33. The second-order valence-corrected chi connectivity index (χ2v) is 11.2. The number of nitrogens with one attached hydrogen (secondary N) is 1. The Morgan fingerprint density at radius 1 is 1.15 bits per heavy atom. The fourth-order valence-corrected chi connectivity index (χ4v) is 6.99. The maximum Gasteiger partial charge on any atom is 0.417 e. The van der Waals surface area contributed by atoms with Crippen LogP contribution in [0.25, 0.3) is 0 Å². The summed E-state index contributed by atoms with van der Waals surface area (Å²) in [5.74, 6) is -1.41. The van der Waals surface area contributed by atoms with E-state index in [-0.39, 0.29) is 62.9 Å². The van der Waals surface area contributed by atoms with Gasteiger partial charge in [-0.2, -0.15) is 17.5 Å². The van der Waals surface area contributed by atoms with E-state index in [9.17, 15) is 35.6 Å². The Hall–Kier alpha value is -2.45. The van der Waals surface area contributed by atoms with E-state index in [1.807, 2.05) is 0 Å². The predicted molar refractivity (Wildman–Crippen MR) is 107 cm³/mol. The average molecular weight is 506 g/mol. The van der Waals surface area contributed by atoms with Gasteiger partial charge in [-0.1, -0.05) is 0 Å². The van der Waals surface area contributed by atoms with Crippen molar-refractivity contribution >= 4 is 22.0 Å². The molecule has 1 N–H and O–H groups in total. The number of alkyl halides is 3. The minimum absolute atomic E-state index is 0.00551. The normalized spacial score (nSPS) is 27.0. The first-order valence-corrected chi connectivity index (χ1v) is 12.1. The minimum atomic E-state index is -5.02. The number of carbonyl (C=O) groups is 2. The molecule has 5 rings (SSSR count). The summed E-state index contributed by atoms with van der Waals surface area (Å²) in [5.41, 5.74) is -2.05. The van der Waals surface area contributed by atoms with Crippen LogP contribution in [-0.4, -0.2) is 92.5 Å². The van der Waals surface area contributed by atoms with Gasteiger partial charge < -0.3 is 19.9 Å². The van der Waals surface area contributed by atoms with Crippen LogP contribution in [0.1, 0.15) is 12.0 Å². The van der Waals surface area contributed by atoms with Gasteiger partial charge in [0.2, 0.25) is 15.9 Å². The number of piperidine rings is 1. The Labute approximate surface area is 192 Å². The summed E-state index contributed by atoms with van der Waals surface area (Å²) in [5, 5.41) is 2.82. The highest BCUT2D eigenvalue weighted by Gasteiger charge is 2.57. The van der Waals surface area contributed by atoms with Crippen LogP contribution in [0.5, 0.6) is 0 Å². The van der Waals surface area contributed by atoms with Crippen molar-refractivity contribution in [1.82, 2.24) is 19.4 Å². The van der Waals surface area contributed by atoms with E-state index in [0.717, 1.165) is 4.31 Å². The molecule has 4 heterocycles. The number of sulfonamides is 1. The van der Waals surface area contributed by atoms with E-state index in [1.54, 1.807) is 9.80 Å². The summed E-state index contributed by atoms with van der Waals surface area (Å²) in [6.07, 6.45) is -4.58. The number of fused-ring (bicyclic) bond motifs is 1. The van der Waals surface area contributed by atoms with Gasteiger partial charge in [-0.25, -0.2) is 17.6 Å². The van der Waals surface area contributed by atoms with Crippen LogP contribution in [0.3, 0.4) is 0 Å². The van der Waals surface area contributed by atoms with E-state index in [4.69, 9.17) is 4.74 Å². The molecule has 1 aromatic rings. The fraction of sp³-hybridized carbons (Fsp3) is 0.600. The van der Waals surface area contributed by atoms with Gasteiger partial charge >= 0.3 is 12.2 Å². The van der Waals surface area contributed by atoms with Crippen molar-refractivity contribution < 1.29 is 40.3 Å². The fourth-order valence-electron chi connectivity index (χ4n) is 5.13. The van der Waals surface area contributed by atoms with Crippen LogP contribution >= 0.6 is 0 Å². The van der Waals surface area contributed by atoms with Gasteiger partial charge in [0.15, 0.2) is 0 Å². The first kappa shape index (κ1) is 23.3. The lowest BCUT2D eigenvalue weighted by atomic mass is 9.74. The Morgan fingerprint density at radius 2 is 1.85 bits per heavy atom. The number of nitrogens with zero attached hydrogens (tertiary/aromatic N) is 3. The Morgan fingerprint density at radius 3 is 2.53 bits per heavy atom. The van der Waals surface area contributed by atoms with Gasteiger partial charge in [-0.15, -0.1) is 0 Å². The van der Waals surface area contributed by atoms with E-state index >= 15 is 0 Å². The molecule has 2 atom stereocenters. The number of urea groups is 1. The van der Waals surface area contributed by atoms with Crippen LogP contribution in [0, 0.1) is 11.2 Å². The zero-order valence-corrected chi connectivity index (χ0v) is 18.7. The number of rotatable bonds is 2.